The molecule has 34 heavy (non-hydrogen) atoms. The number of nitrogens with zero attached hydrogens (tertiary/aromatic N) is 2. The lowest BCUT2D eigenvalue weighted by molar-refractivity contribution is -0.126. The maximum absolute atomic E-state index is 13.0. The number of carbonyl (C=O) groups excluding carboxylic acids is 1. The standard InChI is InChI=1S/C25H31Cl2N3O3S/c26-23-9-8-21(14-24(23)27)18-34(32,33)30-12-4-7-22(17-30)25(31)28-15-19-5-3-6-20(13-19)16-29-10-1-2-11-29/h3,5-6,8-9,13-14,22H,1-2,4,7,10-12,15-18H2,(H,28,31). The summed E-state index contributed by atoms with van der Waals surface area (Å²) in [5.74, 6) is -0.619. The van der Waals surface area contributed by atoms with Gasteiger partial charge in [-0.25, -0.2) is 12.7 Å². The number of amides is 1. The summed E-state index contributed by atoms with van der Waals surface area (Å²) >= 11 is 12.0. The second-order valence-corrected chi connectivity index (χ2v) is 12.0. The van der Waals surface area contributed by atoms with E-state index in [2.05, 4.69) is 22.3 Å². The SMILES string of the molecule is O=C(NCc1cccc(CN2CCCC2)c1)C1CCCN(S(=O)(=O)Cc2ccc(Cl)c(Cl)c2)C1. The average molecular weight is 525 g/mol. The third-order valence-corrected chi connectivity index (χ3v) is 9.10. The Labute approximate surface area is 212 Å². The van der Waals surface area contributed by atoms with Crippen molar-refractivity contribution in [1.29, 1.82) is 0 Å². The Morgan fingerprint density at radius 3 is 2.47 bits per heavy atom. The Morgan fingerprint density at radius 2 is 1.71 bits per heavy atom. The quantitative estimate of drug-likeness (QED) is 0.554. The molecule has 6 nitrogen and oxygen atoms in total. The van der Waals surface area contributed by atoms with Crippen LogP contribution in [0.1, 0.15) is 42.4 Å². The van der Waals surface area contributed by atoms with Crippen molar-refractivity contribution in [1.82, 2.24) is 14.5 Å². The Hall–Kier alpha value is -1.64. The highest BCUT2D eigenvalue weighted by Crippen LogP contribution is 2.26. The second kappa shape index (κ2) is 11.4. The Kier molecular flexibility index (Phi) is 8.53. The molecule has 2 aromatic carbocycles. The van der Waals surface area contributed by atoms with Gasteiger partial charge in [-0.3, -0.25) is 9.69 Å². The monoisotopic (exact) mass is 523 g/mol. The van der Waals surface area contributed by atoms with E-state index in [0.29, 0.717) is 41.5 Å². The molecular weight excluding hydrogens is 493 g/mol. The number of rotatable bonds is 8. The van der Waals surface area contributed by atoms with Crippen molar-refractivity contribution in [3.05, 3.63) is 69.2 Å². The van der Waals surface area contributed by atoms with Crippen molar-refractivity contribution in [3.63, 3.8) is 0 Å². The van der Waals surface area contributed by atoms with Gasteiger partial charge in [0.25, 0.3) is 0 Å². The fraction of sp³-hybridized carbons (Fsp3) is 0.480. The summed E-state index contributed by atoms with van der Waals surface area (Å²) in [5, 5.41) is 3.74. The van der Waals surface area contributed by atoms with Gasteiger partial charge in [0.05, 0.1) is 21.7 Å². The second-order valence-electron chi connectivity index (χ2n) is 9.22. The van der Waals surface area contributed by atoms with E-state index in [0.717, 1.165) is 25.2 Å². The third kappa shape index (κ3) is 6.73. The summed E-state index contributed by atoms with van der Waals surface area (Å²) in [6.45, 7) is 4.30. The minimum atomic E-state index is -3.57. The van der Waals surface area contributed by atoms with Crippen LogP contribution in [0.3, 0.4) is 0 Å². The number of sulfonamides is 1. The summed E-state index contributed by atoms with van der Waals surface area (Å²) < 4.78 is 27.4. The minimum absolute atomic E-state index is 0.0978. The highest BCUT2D eigenvalue weighted by molar-refractivity contribution is 7.88. The topological polar surface area (TPSA) is 69.7 Å². The predicted molar refractivity (Wildman–Crippen MR) is 136 cm³/mol. The molecule has 2 heterocycles. The molecule has 1 N–H and O–H groups in total. The zero-order valence-corrected chi connectivity index (χ0v) is 21.5. The first-order chi connectivity index (χ1) is 16.3. The molecule has 2 aliphatic rings. The summed E-state index contributed by atoms with van der Waals surface area (Å²) in [6, 6.07) is 13.2. The van der Waals surface area contributed by atoms with Crippen LogP contribution in [0.15, 0.2) is 42.5 Å². The smallest absolute Gasteiger partial charge is 0.224 e. The molecule has 184 valence electrons. The van der Waals surface area contributed by atoms with Crippen LogP contribution in [0.2, 0.25) is 10.0 Å². The first-order valence-electron chi connectivity index (χ1n) is 11.8. The van der Waals surface area contributed by atoms with E-state index < -0.39 is 10.0 Å². The van der Waals surface area contributed by atoms with E-state index in [9.17, 15) is 13.2 Å². The van der Waals surface area contributed by atoms with Crippen molar-refractivity contribution in [2.45, 2.75) is 44.5 Å². The molecule has 9 heteroatoms. The summed E-state index contributed by atoms with van der Waals surface area (Å²) in [4.78, 5) is 15.3. The van der Waals surface area contributed by atoms with Crippen LogP contribution in [-0.2, 0) is 33.7 Å². The van der Waals surface area contributed by atoms with Crippen molar-refractivity contribution >= 4 is 39.1 Å². The van der Waals surface area contributed by atoms with Crippen LogP contribution in [0.4, 0.5) is 0 Å². The molecule has 0 radical (unpaired) electrons. The van der Waals surface area contributed by atoms with Gasteiger partial charge >= 0.3 is 0 Å². The van der Waals surface area contributed by atoms with Crippen LogP contribution < -0.4 is 5.32 Å². The molecule has 0 saturated carbocycles. The van der Waals surface area contributed by atoms with E-state index in [1.54, 1.807) is 18.2 Å². The lowest BCUT2D eigenvalue weighted by Crippen LogP contribution is -2.45. The van der Waals surface area contributed by atoms with Gasteiger partial charge in [0.2, 0.25) is 15.9 Å². The lowest BCUT2D eigenvalue weighted by Gasteiger charge is -2.31. The number of benzene rings is 2. The molecule has 0 bridgehead atoms. The highest BCUT2D eigenvalue weighted by Gasteiger charge is 2.32. The molecule has 4 rings (SSSR count). The Balaban J connectivity index is 1.32. The van der Waals surface area contributed by atoms with E-state index in [1.807, 2.05) is 12.1 Å². The van der Waals surface area contributed by atoms with E-state index in [-0.39, 0.29) is 24.1 Å². The zero-order chi connectivity index (χ0) is 24.1. The van der Waals surface area contributed by atoms with Crippen molar-refractivity contribution < 1.29 is 13.2 Å². The fourth-order valence-corrected chi connectivity index (χ4v) is 6.63. The Morgan fingerprint density at radius 1 is 0.941 bits per heavy atom. The van der Waals surface area contributed by atoms with Crippen molar-refractivity contribution in [2.24, 2.45) is 5.92 Å². The lowest BCUT2D eigenvalue weighted by atomic mass is 9.98. The third-order valence-electron chi connectivity index (χ3n) is 6.54. The van der Waals surface area contributed by atoms with Crippen LogP contribution in [-0.4, -0.2) is 49.7 Å². The van der Waals surface area contributed by atoms with Gasteiger partial charge in [0, 0.05) is 26.2 Å². The molecule has 0 aromatic heterocycles. The molecular formula is C25H31Cl2N3O3S. The summed E-state index contributed by atoms with van der Waals surface area (Å²) in [6.07, 6.45) is 3.86. The minimum Gasteiger partial charge on any atom is -0.352 e. The number of piperidine rings is 1. The maximum atomic E-state index is 13.0. The van der Waals surface area contributed by atoms with Crippen LogP contribution in [0.25, 0.3) is 0 Å². The van der Waals surface area contributed by atoms with Gasteiger partial charge in [-0.1, -0.05) is 53.5 Å². The molecule has 0 spiro atoms. The molecule has 1 unspecified atom stereocenters. The first-order valence-corrected chi connectivity index (χ1v) is 14.2. The molecule has 2 saturated heterocycles. The molecule has 2 aromatic rings. The van der Waals surface area contributed by atoms with Crippen molar-refractivity contribution in [2.75, 3.05) is 26.2 Å². The number of hydrogen-bond donors (Lipinski definition) is 1. The molecule has 2 aliphatic heterocycles. The van der Waals surface area contributed by atoms with Gasteiger partial charge < -0.3 is 5.32 Å². The first kappa shape index (κ1) is 25.5. The normalized spacial score (nSPS) is 19.9. The Bertz CT molecular complexity index is 1120. The predicted octanol–water partition coefficient (Wildman–Crippen LogP) is 4.45. The van der Waals surface area contributed by atoms with Gasteiger partial charge in [-0.05, 0) is 67.6 Å². The maximum Gasteiger partial charge on any atom is 0.224 e. The van der Waals surface area contributed by atoms with Gasteiger partial charge in [0.1, 0.15) is 0 Å². The van der Waals surface area contributed by atoms with Gasteiger partial charge in [-0.15, -0.1) is 0 Å². The molecule has 1 atom stereocenters. The largest absolute Gasteiger partial charge is 0.352 e. The number of likely N-dealkylation sites (tertiary alicyclic amines) is 1. The van der Waals surface area contributed by atoms with Gasteiger partial charge in [-0.2, -0.15) is 0 Å². The summed E-state index contributed by atoms with van der Waals surface area (Å²) in [5.41, 5.74) is 2.89. The van der Waals surface area contributed by atoms with E-state index in [4.69, 9.17) is 23.2 Å². The average Bonchev–Trinajstić information content (AvgIpc) is 3.33. The molecule has 0 aliphatic carbocycles. The van der Waals surface area contributed by atoms with Crippen molar-refractivity contribution in [3.8, 4) is 0 Å². The van der Waals surface area contributed by atoms with Crippen LogP contribution in [0, 0.1) is 5.92 Å². The number of nitrogens with one attached hydrogen (secondary N) is 1. The fourth-order valence-electron chi connectivity index (χ4n) is 4.71. The van der Waals surface area contributed by atoms with Crippen LogP contribution >= 0.6 is 23.2 Å². The van der Waals surface area contributed by atoms with Gasteiger partial charge in [0.15, 0.2) is 0 Å². The van der Waals surface area contributed by atoms with Crippen LogP contribution in [0.5, 0.6) is 0 Å². The molecule has 1 amide bonds. The van der Waals surface area contributed by atoms with E-state index in [1.165, 1.54) is 22.7 Å². The highest BCUT2D eigenvalue weighted by atomic mass is 35.5. The number of carbonyl (C=O) groups is 1. The zero-order valence-electron chi connectivity index (χ0n) is 19.2. The number of hydrogen-bond acceptors (Lipinski definition) is 4. The number of halogens is 2. The summed E-state index contributed by atoms with van der Waals surface area (Å²) in [7, 11) is -3.57. The van der Waals surface area contributed by atoms with E-state index >= 15 is 0 Å². The molecule has 2 fully saturated rings.